The molecule has 1 aromatic rings. The molecule has 0 spiro atoms. The number of nitrogens with two attached hydrogens (primary N) is 2. The van der Waals surface area contributed by atoms with Crippen molar-refractivity contribution in [2.45, 2.75) is 13.0 Å². The van der Waals surface area contributed by atoms with Crippen molar-refractivity contribution >= 4 is 28.8 Å². The molecule has 0 aliphatic carbocycles. The Labute approximate surface area is 108 Å². The molecule has 1 aliphatic rings. The Morgan fingerprint density at radius 3 is 2.83 bits per heavy atom. The van der Waals surface area contributed by atoms with Gasteiger partial charge in [0.05, 0.1) is 18.1 Å². The summed E-state index contributed by atoms with van der Waals surface area (Å²) >= 11 is 1.32. The Hall–Kier alpha value is -1.60. The number of nitrogens with zero attached hydrogens (tertiary/aromatic N) is 1. The van der Waals surface area contributed by atoms with E-state index in [9.17, 15) is 9.59 Å². The van der Waals surface area contributed by atoms with Gasteiger partial charge in [-0.2, -0.15) is 0 Å². The number of hydrogen-bond donors (Lipinski definition) is 2. The number of amides is 2. The van der Waals surface area contributed by atoms with E-state index in [4.69, 9.17) is 16.2 Å². The van der Waals surface area contributed by atoms with E-state index in [2.05, 4.69) is 0 Å². The van der Waals surface area contributed by atoms with Crippen LogP contribution in [0.5, 0.6) is 0 Å². The van der Waals surface area contributed by atoms with Crippen LogP contribution < -0.4 is 11.5 Å². The number of primary amides is 1. The maximum atomic E-state index is 12.3. The maximum Gasteiger partial charge on any atom is 0.264 e. The Balaban J connectivity index is 2.23. The van der Waals surface area contributed by atoms with E-state index in [1.54, 1.807) is 6.07 Å². The van der Waals surface area contributed by atoms with Crippen LogP contribution in [0.15, 0.2) is 6.07 Å². The molecule has 1 aromatic heterocycles. The molecule has 2 rings (SSSR count). The summed E-state index contributed by atoms with van der Waals surface area (Å²) in [6.07, 6.45) is 0. The van der Waals surface area contributed by atoms with E-state index in [0.29, 0.717) is 23.7 Å². The zero-order valence-electron chi connectivity index (χ0n) is 10.0. The number of ether oxygens (including phenoxy) is 1. The first-order valence-corrected chi connectivity index (χ1v) is 6.36. The summed E-state index contributed by atoms with van der Waals surface area (Å²) in [5.41, 5.74) is 11.6. The number of rotatable bonds is 2. The minimum atomic E-state index is -0.699. The molecular weight excluding hydrogens is 254 g/mol. The van der Waals surface area contributed by atoms with Crippen molar-refractivity contribution in [1.29, 1.82) is 0 Å². The van der Waals surface area contributed by atoms with Gasteiger partial charge in [-0.3, -0.25) is 9.59 Å². The van der Waals surface area contributed by atoms with Crippen LogP contribution >= 0.6 is 11.3 Å². The Kier molecular flexibility index (Phi) is 3.53. The number of aryl methyl sites for hydroxylation is 1. The van der Waals surface area contributed by atoms with Crippen LogP contribution in [0, 0.1) is 6.92 Å². The first-order chi connectivity index (χ1) is 8.50. The molecule has 6 nitrogen and oxygen atoms in total. The molecule has 2 heterocycles. The van der Waals surface area contributed by atoms with Crippen molar-refractivity contribution in [3.63, 3.8) is 0 Å². The Bertz CT molecular complexity index is 466. The minimum absolute atomic E-state index is 0.154. The molecule has 0 saturated carbocycles. The van der Waals surface area contributed by atoms with Crippen molar-refractivity contribution in [3.05, 3.63) is 15.8 Å². The van der Waals surface area contributed by atoms with E-state index < -0.39 is 11.9 Å². The summed E-state index contributed by atoms with van der Waals surface area (Å²) in [7, 11) is 0. The molecule has 1 unspecified atom stereocenters. The number of carbonyl (C=O) groups excluding carboxylic acids is 2. The fourth-order valence-corrected chi connectivity index (χ4v) is 2.72. The van der Waals surface area contributed by atoms with Gasteiger partial charge in [0, 0.05) is 17.1 Å². The molecule has 1 saturated heterocycles. The van der Waals surface area contributed by atoms with E-state index in [0.717, 1.165) is 4.88 Å². The van der Waals surface area contributed by atoms with Crippen LogP contribution in [0.4, 0.5) is 5.69 Å². The van der Waals surface area contributed by atoms with E-state index in [1.807, 2.05) is 6.92 Å². The second-order valence-corrected chi connectivity index (χ2v) is 5.37. The first kappa shape index (κ1) is 12.8. The third-order valence-electron chi connectivity index (χ3n) is 2.88. The molecular formula is C11H15N3O3S. The summed E-state index contributed by atoms with van der Waals surface area (Å²) in [5.74, 6) is -0.767. The quantitative estimate of drug-likeness (QED) is 0.787. The van der Waals surface area contributed by atoms with Crippen LogP contribution in [0.1, 0.15) is 14.5 Å². The highest BCUT2D eigenvalue weighted by Gasteiger charge is 2.32. The van der Waals surface area contributed by atoms with Crippen molar-refractivity contribution in [2.24, 2.45) is 5.73 Å². The lowest BCUT2D eigenvalue weighted by Crippen LogP contribution is -2.54. The highest BCUT2D eigenvalue weighted by Crippen LogP contribution is 2.25. The summed E-state index contributed by atoms with van der Waals surface area (Å²) in [6, 6.07) is 0.936. The van der Waals surface area contributed by atoms with Crippen LogP contribution in [-0.4, -0.2) is 42.5 Å². The molecule has 18 heavy (non-hydrogen) atoms. The average molecular weight is 269 g/mol. The van der Waals surface area contributed by atoms with Crippen molar-refractivity contribution in [1.82, 2.24) is 4.90 Å². The smallest absolute Gasteiger partial charge is 0.264 e. The SMILES string of the molecule is Cc1sc(C(=O)N2CCOCC2C(N)=O)cc1N. The molecule has 7 heteroatoms. The fourth-order valence-electron chi connectivity index (χ4n) is 1.83. The second-order valence-electron chi connectivity index (χ2n) is 4.11. The summed E-state index contributed by atoms with van der Waals surface area (Å²) < 4.78 is 5.17. The van der Waals surface area contributed by atoms with E-state index in [1.165, 1.54) is 16.2 Å². The van der Waals surface area contributed by atoms with Gasteiger partial charge in [0.2, 0.25) is 5.91 Å². The van der Waals surface area contributed by atoms with Crippen LogP contribution in [-0.2, 0) is 9.53 Å². The average Bonchev–Trinajstić information content (AvgIpc) is 2.68. The summed E-state index contributed by atoms with van der Waals surface area (Å²) in [6.45, 7) is 2.78. The predicted molar refractivity (Wildman–Crippen MR) is 68.3 cm³/mol. The van der Waals surface area contributed by atoms with Gasteiger partial charge in [-0.25, -0.2) is 0 Å². The summed E-state index contributed by atoms with van der Waals surface area (Å²) in [5, 5.41) is 0. The first-order valence-electron chi connectivity index (χ1n) is 5.54. The highest BCUT2D eigenvalue weighted by molar-refractivity contribution is 7.14. The molecule has 0 bridgehead atoms. The normalized spacial score (nSPS) is 19.8. The molecule has 1 fully saturated rings. The molecule has 98 valence electrons. The molecule has 0 radical (unpaired) electrons. The molecule has 4 N–H and O–H groups in total. The highest BCUT2D eigenvalue weighted by atomic mass is 32.1. The van der Waals surface area contributed by atoms with Crippen molar-refractivity contribution in [2.75, 3.05) is 25.5 Å². The minimum Gasteiger partial charge on any atom is -0.398 e. The van der Waals surface area contributed by atoms with Crippen LogP contribution in [0.2, 0.25) is 0 Å². The standard InChI is InChI=1S/C11H15N3O3S/c1-6-7(12)4-9(18-6)11(16)14-2-3-17-5-8(14)10(13)15/h4,8H,2-3,5,12H2,1H3,(H2,13,15). The third kappa shape index (κ3) is 2.32. The van der Waals surface area contributed by atoms with Gasteiger partial charge in [-0.1, -0.05) is 0 Å². The van der Waals surface area contributed by atoms with E-state index in [-0.39, 0.29) is 12.5 Å². The van der Waals surface area contributed by atoms with Crippen molar-refractivity contribution in [3.8, 4) is 0 Å². The zero-order valence-corrected chi connectivity index (χ0v) is 10.8. The molecule has 2 amide bonds. The van der Waals surface area contributed by atoms with Gasteiger partial charge in [0.1, 0.15) is 6.04 Å². The van der Waals surface area contributed by atoms with Crippen molar-refractivity contribution < 1.29 is 14.3 Å². The number of nitrogen functional groups attached to an aromatic ring is 1. The third-order valence-corrected chi connectivity index (χ3v) is 3.94. The van der Waals surface area contributed by atoms with Gasteiger partial charge in [0.15, 0.2) is 0 Å². The van der Waals surface area contributed by atoms with Gasteiger partial charge in [0.25, 0.3) is 5.91 Å². The monoisotopic (exact) mass is 269 g/mol. The van der Waals surface area contributed by atoms with Crippen LogP contribution in [0.3, 0.4) is 0 Å². The molecule has 0 aromatic carbocycles. The lowest BCUT2D eigenvalue weighted by Gasteiger charge is -2.33. The lowest BCUT2D eigenvalue weighted by atomic mass is 10.2. The van der Waals surface area contributed by atoms with Crippen LogP contribution in [0.25, 0.3) is 0 Å². The summed E-state index contributed by atoms with van der Waals surface area (Å²) in [4.78, 5) is 26.5. The fraction of sp³-hybridized carbons (Fsp3) is 0.455. The topological polar surface area (TPSA) is 98.6 Å². The zero-order chi connectivity index (χ0) is 13.3. The van der Waals surface area contributed by atoms with Gasteiger partial charge >= 0.3 is 0 Å². The second kappa shape index (κ2) is 4.95. The molecule has 1 atom stereocenters. The Morgan fingerprint density at radius 2 is 2.28 bits per heavy atom. The van der Waals surface area contributed by atoms with Gasteiger partial charge in [-0.05, 0) is 13.0 Å². The number of carbonyl (C=O) groups is 2. The largest absolute Gasteiger partial charge is 0.398 e. The number of thiophene rings is 1. The van der Waals surface area contributed by atoms with Gasteiger partial charge < -0.3 is 21.1 Å². The van der Waals surface area contributed by atoms with Gasteiger partial charge in [-0.15, -0.1) is 11.3 Å². The number of morpholine rings is 1. The number of hydrogen-bond acceptors (Lipinski definition) is 5. The lowest BCUT2D eigenvalue weighted by molar-refractivity contribution is -0.127. The number of anilines is 1. The maximum absolute atomic E-state index is 12.3. The molecule has 1 aliphatic heterocycles. The Morgan fingerprint density at radius 1 is 1.56 bits per heavy atom. The van der Waals surface area contributed by atoms with E-state index >= 15 is 0 Å². The predicted octanol–water partition coefficient (Wildman–Crippen LogP) is -0.0350.